The van der Waals surface area contributed by atoms with Gasteiger partial charge in [-0.25, -0.2) is 13.2 Å². The maximum Gasteiger partial charge on any atom is 0.338 e. The minimum Gasteiger partial charge on any atom is -0.478 e. The molecule has 112 valence electrons. The second-order valence-corrected chi connectivity index (χ2v) is 8.59. The van der Waals surface area contributed by atoms with E-state index in [4.69, 9.17) is 28.3 Å². The van der Waals surface area contributed by atoms with Gasteiger partial charge in [-0.1, -0.05) is 23.2 Å². The molecule has 1 N–H and O–H groups in total. The molecule has 0 atom stereocenters. The molecule has 0 aliphatic rings. The summed E-state index contributed by atoms with van der Waals surface area (Å²) in [4.78, 5) is 11.5. The lowest BCUT2D eigenvalue weighted by Gasteiger charge is -2.09. The number of sulfone groups is 1. The van der Waals surface area contributed by atoms with Gasteiger partial charge < -0.3 is 5.11 Å². The minimum atomic E-state index is -3.78. The van der Waals surface area contributed by atoms with Crippen molar-refractivity contribution in [3.8, 4) is 0 Å². The molecule has 0 bridgehead atoms. The van der Waals surface area contributed by atoms with Crippen molar-refractivity contribution in [2.75, 3.05) is 0 Å². The van der Waals surface area contributed by atoms with Crippen LogP contribution in [-0.2, 0) is 15.6 Å². The molecule has 1 aromatic carbocycles. The molecule has 0 saturated heterocycles. The summed E-state index contributed by atoms with van der Waals surface area (Å²) in [6.07, 6.45) is 0. The molecule has 9 heteroatoms. The molecule has 0 saturated carbocycles. The third kappa shape index (κ3) is 3.43. The predicted octanol–water partition coefficient (Wildman–Crippen LogP) is 4.49. The number of thiophene rings is 1. The topological polar surface area (TPSA) is 71.4 Å². The van der Waals surface area contributed by atoms with Crippen molar-refractivity contribution in [3.63, 3.8) is 0 Å². The second kappa shape index (κ2) is 6.26. The van der Waals surface area contributed by atoms with Crippen molar-refractivity contribution >= 4 is 66.3 Å². The first-order chi connectivity index (χ1) is 9.74. The molecule has 0 aliphatic heterocycles. The molecule has 4 nitrogen and oxygen atoms in total. The zero-order chi connectivity index (χ0) is 15.8. The lowest BCUT2D eigenvalue weighted by molar-refractivity contribution is 0.0697. The van der Waals surface area contributed by atoms with Crippen LogP contribution in [0.3, 0.4) is 0 Å². The molecular weight excluding hydrogens is 423 g/mol. The van der Waals surface area contributed by atoms with Crippen molar-refractivity contribution in [3.05, 3.63) is 48.5 Å². The molecular formula is C12H7BrCl2O4S2. The van der Waals surface area contributed by atoms with Gasteiger partial charge in [-0.3, -0.25) is 0 Å². The van der Waals surface area contributed by atoms with Crippen LogP contribution in [0.15, 0.2) is 32.9 Å². The van der Waals surface area contributed by atoms with Crippen LogP contribution < -0.4 is 0 Å². The van der Waals surface area contributed by atoms with Crippen molar-refractivity contribution in [2.24, 2.45) is 0 Å². The number of carboxylic acids is 1. The van der Waals surface area contributed by atoms with Crippen molar-refractivity contribution in [1.29, 1.82) is 0 Å². The van der Waals surface area contributed by atoms with Crippen molar-refractivity contribution in [2.45, 2.75) is 10.6 Å². The molecule has 1 heterocycles. The molecule has 0 amide bonds. The quantitative estimate of drug-likeness (QED) is 0.776. The molecule has 0 aliphatic carbocycles. The van der Waals surface area contributed by atoms with E-state index in [0.717, 1.165) is 0 Å². The second-order valence-electron chi connectivity index (χ2n) is 3.99. The first kappa shape index (κ1) is 16.8. The number of aromatic carboxylic acids is 1. The van der Waals surface area contributed by atoms with Gasteiger partial charge in [0.1, 0.15) is 0 Å². The van der Waals surface area contributed by atoms with Gasteiger partial charge in [0.25, 0.3) is 0 Å². The average molecular weight is 430 g/mol. The standard InChI is InChI=1S/C12H7BrCl2O4S2/c13-6-3-4-20-8(6)5-21(18,19)9-2-1-7(14)10(11(9)15)12(16)17/h1-4H,5H2,(H,16,17). The minimum absolute atomic E-state index is 0.108. The maximum atomic E-state index is 12.4. The van der Waals surface area contributed by atoms with Crippen LogP contribution in [0.4, 0.5) is 0 Å². The number of carbonyl (C=O) groups is 1. The van der Waals surface area contributed by atoms with E-state index >= 15 is 0 Å². The van der Waals surface area contributed by atoms with Gasteiger partial charge in [-0.05, 0) is 39.5 Å². The van der Waals surface area contributed by atoms with E-state index in [-0.39, 0.29) is 20.7 Å². The summed E-state index contributed by atoms with van der Waals surface area (Å²) in [6.45, 7) is 0. The highest BCUT2D eigenvalue weighted by Gasteiger charge is 2.26. The van der Waals surface area contributed by atoms with Gasteiger partial charge in [-0.15, -0.1) is 11.3 Å². The van der Waals surface area contributed by atoms with E-state index in [1.165, 1.54) is 23.5 Å². The van der Waals surface area contributed by atoms with Crippen LogP contribution in [0.5, 0.6) is 0 Å². The highest BCUT2D eigenvalue weighted by Crippen LogP contribution is 2.34. The van der Waals surface area contributed by atoms with Crippen molar-refractivity contribution < 1.29 is 18.3 Å². The fourth-order valence-corrected chi connectivity index (χ4v) is 6.04. The molecule has 2 aromatic rings. The average Bonchev–Trinajstić information content (AvgIpc) is 2.73. The SMILES string of the molecule is O=C(O)c1c(Cl)ccc(S(=O)(=O)Cc2sccc2Br)c1Cl. The van der Waals surface area contributed by atoms with E-state index in [1.807, 2.05) is 0 Å². The van der Waals surface area contributed by atoms with E-state index in [9.17, 15) is 13.2 Å². The number of halogens is 3. The largest absolute Gasteiger partial charge is 0.478 e. The highest BCUT2D eigenvalue weighted by molar-refractivity contribution is 9.10. The number of hydrogen-bond acceptors (Lipinski definition) is 4. The summed E-state index contributed by atoms with van der Waals surface area (Å²) in [5.74, 6) is -1.65. The molecule has 0 radical (unpaired) electrons. The van der Waals surface area contributed by atoms with Gasteiger partial charge in [0.15, 0.2) is 9.84 Å². The summed E-state index contributed by atoms with van der Waals surface area (Å²) in [5.41, 5.74) is -0.412. The summed E-state index contributed by atoms with van der Waals surface area (Å²) in [6, 6.07) is 4.17. The first-order valence-corrected chi connectivity index (χ1v) is 9.48. The Balaban J connectivity index is 2.53. The van der Waals surface area contributed by atoms with Crippen LogP contribution >= 0.6 is 50.5 Å². The zero-order valence-corrected chi connectivity index (χ0v) is 14.9. The molecule has 21 heavy (non-hydrogen) atoms. The number of rotatable bonds is 4. The summed E-state index contributed by atoms with van der Waals surface area (Å²) in [7, 11) is -3.78. The molecule has 1 aromatic heterocycles. The van der Waals surface area contributed by atoms with Gasteiger partial charge in [0.05, 0.1) is 26.3 Å². The Morgan fingerprint density at radius 2 is 1.95 bits per heavy atom. The number of hydrogen-bond donors (Lipinski definition) is 1. The first-order valence-electron chi connectivity index (χ1n) is 5.40. The van der Waals surface area contributed by atoms with Gasteiger partial charge in [-0.2, -0.15) is 0 Å². The Morgan fingerprint density at radius 1 is 1.29 bits per heavy atom. The number of carboxylic acid groups (broad SMARTS) is 1. The Hall–Kier alpha value is -0.600. The maximum absolute atomic E-state index is 12.4. The summed E-state index contributed by atoms with van der Waals surface area (Å²) in [5, 5.41) is 10.3. The number of benzene rings is 1. The van der Waals surface area contributed by atoms with E-state index in [2.05, 4.69) is 15.9 Å². The monoisotopic (exact) mass is 428 g/mol. The van der Waals surface area contributed by atoms with Gasteiger partial charge >= 0.3 is 5.97 Å². The molecule has 2 rings (SSSR count). The Morgan fingerprint density at radius 3 is 2.48 bits per heavy atom. The van der Waals surface area contributed by atoms with Crippen LogP contribution in [-0.4, -0.2) is 19.5 Å². The normalized spacial score (nSPS) is 11.6. The fourth-order valence-electron chi connectivity index (χ4n) is 1.65. The third-order valence-corrected chi connectivity index (χ3v) is 7.22. The third-order valence-electron chi connectivity index (χ3n) is 2.62. The molecule has 0 fully saturated rings. The smallest absolute Gasteiger partial charge is 0.338 e. The molecule has 0 unspecified atom stereocenters. The molecule has 0 spiro atoms. The predicted molar refractivity (Wildman–Crippen MR) is 86.3 cm³/mol. The van der Waals surface area contributed by atoms with Gasteiger partial charge in [0, 0.05) is 9.35 Å². The summed E-state index contributed by atoms with van der Waals surface area (Å²) < 4.78 is 25.5. The van der Waals surface area contributed by atoms with Crippen LogP contribution in [0, 0.1) is 0 Å². The zero-order valence-electron chi connectivity index (χ0n) is 10.1. The van der Waals surface area contributed by atoms with E-state index < -0.39 is 21.4 Å². The van der Waals surface area contributed by atoms with E-state index in [0.29, 0.717) is 9.35 Å². The Labute approximate surface area is 143 Å². The lowest BCUT2D eigenvalue weighted by atomic mass is 10.2. The lowest BCUT2D eigenvalue weighted by Crippen LogP contribution is -2.08. The van der Waals surface area contributed by atoms with E-state index in [1.54, 1.807) is 11.4 Å². The summed E-state index contributed by atoms with van der Waals surface area (Å²) >= 11 is 16.2. The van der Waals surface area contributed by atoms with Crippen LogP contribution in [0.2, 0.25) is 10.0 Å². The van der Waals surface area contributed by atoms with Crippen LogP contribution in [0.1, 0.15) is 15.2 Å². The van der Waals surface area contributed by atoms with Gasteiger partial charge in [0.2, 0.25) is 0 Å². The van der Waals surface area contributed by atoms with Crippen molar-refractivity contribution in [1.82, 2.24) is 0 Å². The van der Waals surface area contributed by atoms with Crippen LogP contribution in [0.25, 0.3) is 0 Å². The fraction of sp³-hybridized carbons (Fsp3) is 0.0833. The Bertz CT molecular complexity index is 815. The Kier molecular flexibility index (Phi) is 4.99. The highest BCUT2D eigenvalue weighted by atomic mass is 79.9.